The number of anilines is 1. The Labute approximate surface area is 133 Å². The van der Waals surface area contributed by atoms with Gasteiger partial charge in [0.2, 0.25) is 11.8 Å². The van der Waals surface area contributed by atoms with E-state index in [4.69, 9.17) is 0 Å². The normalized spacial score (nSPS) is 12.3. The quantitative estimate of drug-likeness (QED) is 0.810. The Morgan fingerprint density at radius 3 is 2.41 bits per heavy atom. The fraction of sp³-hybridized carbons (Fsp3) is 0.529. The summed E-state index contributed by atoms with van der Waals surface area (Å²) in [5.41, 5.74) is 1.94. The fourth-order valence-electron chi connectivity index (χ4n) is 2.11. The number of para-hydroxylation sites is 1. The number of nitrogens with one attached hydrogen (secondary N) is 2. The number of carbonyl (C=O) groups is 2. The Morgan fingerprint density at radius 1 is 1.18 bits per heavy atom. The third-order valence-electron chi connectivity index (χ3n) is 3.54. The first kappa shape index (κ1) is 18.2. The molecule has 0 fully saturated rings. The molecule has 0 saturated carbocycles. The highest BCUT2D eigenvalue weighted by molar-refractivity contribution is 5.93. The summed E-state index contributed by atoms with van der Waals surface area (Å²) in [4.78, 5) is 25.8. The summed E-state index contributed by atoms with van der Waals surface area (Å²) in [5, 5.41) is 5.77. The van der Waals surface area contributed by atoms with Crippen molar-refractivity contribution < 1.29 is 9.59 Å². The van der Waals surface area contributed by atoms with Gasteiger partial charge in [0.25, 0.3) is 0 Å². The highest BCUT2D eigenvalue weighted by Gasteiger charge is 2.20. The van der Waals surface area contributed by atoms with Crippen LogP contribution in [0, 0.1) is 0 Å². The van der Waals surface area contributed by atoms with Crippen LogP contribution in [-0.4, -0.2) is 42.4 Å². The van der Waals surface area contributed by atoms with Crippen molar-refractivity contribution in [2.45, 2.75) is 46.2 Å². The predicted molar refractivity (Wildman–Crippen MR) is 89.8 cm³/mol. The minimum atomic E-state index is -0.352. The molecule has 122 valence electrons. The topological polar surface area (TPSA) is 61.4 Å². The largest absolute Gasteiger partial charge is 0.353 e. The maximum atomic E-state index is 12.2. The molecule has 5 nitrogen and oxygen atoms in total. The molecule has 0 spiro atoms. The highest BCUT2D eigenvalue weighted by atomic mass is 16.2. The van der Waals surface area contributed by atoms with Crippen LogP contribution in [0.2, 0.25) is 0 Å². The number of nitrogens with zero attached hydrogens (tertiary/aromatic N) is 1. The van der Waals surface area contributed by atoms with Gasteiger partial charge in [0.15, 0.2) is 0 Å². The zero-order chi connectivity index (χ0) is 16.7. The van der Waals surface area contributed by atoms with E-state index in [1.54, 1.807) is 18.9 Å². The third-order valence-corrected chi connectivity index (χ3v) is 3.54. The molecule has 1 rings (SSSR count). The predicted octanol–water partition coefficient (Wildman–Crippen LogP) is 2.03. The molecular formula is C17H27N3O2. The van der Waals surface area contributed by atoms with Crippen LogP contribution in [0.5, 0.6) is 0 Å². The number of likely N-dealkylation sites (N-methyl/N-ethyl adjacent to an activating group) is 1. The van der Waals surface area contributed by atoms with Crippen LogP contribution < -0.4 is 10.6 Å². The van der Waals surface area contributed by atoms with E-state index in [1.165, 1.54) is 0 Å². The van der Waals surface area contributed by atoms with E-state index in [0.717, 1.165) is 17.7 Å². The Morgan fingerprint density at radius 2 is 1.82 bits per heavy atom. The van der Waals surface area contributed by atoms with Crippen molar-refractivity contribution in [2.75, 3.05) is 18.9 Å². The second kappa shape index (κ2) is 8.54. The van der Waals surface area contributed by atoms with Gasteiger partial charge in [-0.1, -0.05) is 25.1 Å². The van der Waals surface area contributed by atoms with Gasteiger partial charge in [-0.25, -0.2) is 0 Å². The van der Waals surface area contributed by atoms with Crippen LogP contribution in [0.25, 0.3) is 0 Å². The number of carbonyl (C=O) groups excluding carboxylic acids is 2. The van der Waals surface area contributed by atoms with E-state index in [2.05, 4.69) is 17.6 Å². The van der Waals surface area contributed by atoms with Crippen molar-refractivity contribution >= 4 is 17.5 Å². The number of hydrogen-bond acceptors (Lipinski definition) is 3. The lowest BCUT2D eigenvalue weighted by molar-refractivity contribution is -0.127. The van der Waals surface area contributed by atoms with Gasteiger partial charge in [0.05, 0.1) is 12.6 Å². The molecule has 0 unspecified atom stereocenters. The van der Waals surface area contributed by atoms with Gasteiger partial charge in [-0.15, -0.1) is 0 Å². The molecule has 1 atom stereocenters. The van der Waals surface area contributed by atoms with Crippen molar-refractivity contribution in [3.05, 3.63) is 29.8 Å². The molecule has 1 aromatic carbocycles. The van der Waals surface area contributed by atoms with Crippen molar-refractivity contribution in [3.8, 4) is 0 Å². The van der Waals surface area contributed by atoms with Crippen molar-refractivity contribution in [1.29, 1.82) is 0 Å². The molecule has 0 aromatic heterocycles. The van der Waals surface area contributed by atoms with Crippen LogP contribution in [0.15, 0.2) is 24.3 Å². The zero-order valence-corrected chi connectivity index (χ0v) is 14.1. The smallest absolute Gasteiger partial charge is 0.238 e. The molecule has 0 bridgehead atoms. The monoisotopic (exact) mass is 305 g/mol. The number of aryl methyl sites for hydroxylation is 1. The van der Waals surface area contributed by atoms with Crippen molar-refractivity contribution in [2.24, 2.45) is 0 Å². The van der Waals surface area contributed by atoms with Gasteiger partial charge in [-0.2, -0.15) is 0 Å². The number of hydrogen-bond donors (Lipinski definition) is 2. The molecule has 1 aromatic rings. The zero-order valence-electron chi connectivity index (χ0n) is 14.1. The van der Waals surface area contributed by atoms with E-state index in [9.17, 15) is 9.59 Å². The lowest BCUT2D eigenvalue weighted by atomic mass is 10.1. The maximum Gasteiger partial charge on any atom is 0.238 e. The Kier molecular flexibility index (Phi) is 7.05. The molecule has 0 heterocycles. The van der Waals surface area contributed by atoms with E-state index in [0.29, 0.717) is 0 Å². The fourth-order valence-corrected chi connectivity index (χ4v) is 2.11. The summed E-state index contributed by atoms with van der Waals surface area (Å²) in [5.74, 6) is -0.188. The van der Waals surface area contributed by atoms with Gasteiger partial charge in [0.1, 0.15) is 0 Å². The minimum absolute atomic E-state index is 0.0701. The SMILES string of the molecule is CCc1ccccc1NC(=O)CN(C)[C@H](C)C(=O)NC(C)C. The summed E-state index contributed by atoms with van der Waals surface area (Å²) in [6.45, 7) is 7.85. The number of benzene rings is 1. The molecule has 2 N–H and O–H groups in total. The van der Waals surface area contributed by atoms with E-state index in [-0.39, 0.29) is 30.4 Å². The van der Waals surface area contributed by atoms with Gasteiger partial charge >= 0.3 is 0 Å². The molecule has 2 amide bonds. The van der Waals surface area contributed by atoms with Crippen LogP contribution in [0.4, 0.5) is 5.69 Å². The van der Waals surface area contributed by atoms with Gasteiger partial charge in [0, 0.05) is 11.7 Å². The molecule has 0 saturated heterocycles. The Balaban J connectivity index is 2.59. The first-order valence-corrected chi connectivity index (χ1v) is 7.73. The summed E-state index contributed by atoms with van der Waals surface area (Å²) >= 11 is 0. The maximum absolute atomic E-state index is 12.2. The van der Waals surface area contributed by atoms with Crippen LogP contribution >= 0.6 is 0 Å². The first-order valence-electron chi connectivity index (χ1n) is 7.73. The summed E-state index contributed by atoms with van der Waals surface area (Å²) in [7, 11) is 1.77. The number of rotatable bonds is 7. The first-order chi connectivity index (χ1) is 10.3. The van der Waals surface area contributed by atoms with Crippen molar-refractivity contribution in [3.63, 3.8) is 0 Å². The standard InChI is InChI=1S/C17H27N3O2/c1-6-14-9-7-8-10-15(14)19-16(21)11-20(5)13(4)17(22)18-12(2)3/h7-10,12-13H,6,11H2,1-5H3,(H,18,22)(H,19,21)/t13-/m1/s1. The van der Waals surface area contributed by atoms with Crippen molar-refractivity contribution in [1.82, 2.24) is 10.2 Å². The molecular weight excluding hydrogens is 278 g/mol. The second-order valence-electron chi connectivity index (χ2n) is 5.81. The molecule has 5 heteroatoms. The molecule has 22 heavy (non-hydrogen) atoms. The van der Waals surface area contributed by atoms with Crippen LogP contribution in [-0.2, 0) is 16.0 Å². The lowest BCUT2D eigenvalue weighted by Crippen LogP contribution is -2.47. The average Bonchev–Trinajstić information content (AvgIpc) is 2.46. The third kappa shape index (κ3) is 5.48. The Hall–Kier alpha value is -1.88. The molecule has 0 aliphatic heterocycles. The highest BCUT2D eigenvalue weighted by Crippen LogP contribution is 2.15. The molecule has 0 radical (unpaired) electrons. The summed E-state index contributed by atoms with van der Waals surface area (Å²) in [6, 6.07) is 7.49. The van der Waals surface area contributed by atoms with Gasteiger partial charge in [-0.05, 0) is 45.9 Å². The summed E-state index contributed by atoms with van der Waals surface area (Å²) in [6.07, 6.45) is 0.861. The van der Waals surface area contributed by atoms with Gasteiger partial charge < -0.3 is 10.6 Å². The van der Waals surface area contributed by atoms with E-state index in [1.807, 2.05) is 38.1 Å². The van der Waals surface area contributed by atoms with E-state index >= 15 is 0 Å². The lowest BCUT2D eigenvalue weighted by Gasteiger charge is -2.24. The van der Waals surface area contributed by atoms with Crippen LogP contribution in [0.3, 0.4) is 0 Å². The van der Waals surface area contributed by atoms with Gasteiger partial charge in [-0.3, -0.25) is 14.5 Å². The summed E-state index contributed by atoms with van der Waals surface area (Å²) < 4.78 is 0. The minimum Gasteiger partial charge on any atom is -0.353 e. The van der Waals surface area contributed by atoms with Crippen LogP contribution in [0.1, 0.15) is 33.3 Å². The number of amides is 2. The van der Waals surface area contributed by atoms with E-state index < -0.39 is 0 Å². The molecule has 0 aliphatic carbocycles. The molecule has 0 aliphatic rings. The average molecular weight is 305 g/mol. The second-order valence-corrected chi connectivity index (χ2v) is 5.81. The Bertz CT molecular complexity index is 514.